The average Bonchev–Trinajstić information content (AvgIpc) is 1.65. The van der Waals surface area contributed by atoms with Crippen LogP contribution in [0.1, 0.15) is 108 Å². The Balaban J connectivity index is 0.000000124. The number of imidazole rings is 5. The molecular formula is C112H119BrN22O6Si. The van der Waals surface area contributed by atoms with Crippen molar-refractivity contribution in [2.75, 3.05) is 52.9 Å². The van der Waals surface area contributed by atoms with Crippen LogP contribution in [0.25, 0.3) is 73.3 Å². The van der Waals surface area contributed by atoms with Crippen molar-refractivity contribution >= 4 is 87.7 Å². The van der Waals surface area contributed by atoms with Crippen LogP contribution in [0.3, 0.4) is 0 Å². The Bertz CT molecular complexity index is 7270. The van der Waals surface area contributed by atoms with Gasteiger partial charge in [0, 0.05) is 80.0 Å². The Morgan fingerprint density at radius 3 is 1.04 bits per heavy atom. The average molecular weight is 1980 g/mol. The molecule has 724 valence electrons. The van der Waals surface area contributed by atoms with Crippen LogP contribution in [-0.4, -0.2) is 141 Å². The Kier molecular flexibility index (Phi) is 31.9. The first-order chi connectivity index (χ1) is 69.0. The molecule has 0 bridgehead atoms. The van der Waals surface area contributed by atoms with Crippen LogP contribution in [0, 0.1) is 0 Å². The van der Waals surface area contributed by atoms with Crippen LogP contribution in [-0.2, 0) is 37.5 Å². The zero-order chi connectivity index (χ0) is 98.2. The molecule has 12 heterocycles. The Morgan fingerprint density at radius 1 is 0.387 bits per heavy atom. The lowest BCUT2D eigenvalue weighted by atomic mass is 10.1. The van der Waals surface area contributed by atoms with E-state index in [2.05, 4.69) is 202 Å². The van der Waals surface area contributed by atoms with Crippen LogP contribution < -0.4 is 45.8 Å². The molecule has 28 nitrogen and oxygen atoms in total. The van der Waals surface area contributed by atoms with Gasteiger partial charge in [0.15, 0.2) is 28.2 Å². The summed E-state index contributed by atoms with van der Waals surface area (Å²) >= 11 is 3.41. The number of fused-ring (bicyclic) bond motifs is 5. The maximum absolute atomic E-state index is 12.5. The van der Waals surface area contributed by atoms with Crippen molar-refractivity contribution in [1.82, 2.24) is 83.2 Å². The van der Waals surface area contributed by atoms with Gasteiger partial charge in [-0.1, -0.05) is 172 Å². The Morgan fingerprint density at radius 2 is 0.704 bits per heavy atom. The number of anilines is 5. The summed E-state index contributed by atoms with van der Waals surface area (Å²) in [6.07, 6.45) is 15.2. The van der Waals surface area contributed by atoms with Gasteiger partial charge in [-0.25, -0.2) is 52.3 Å². The monoisotopic (exact) mass is 1970 g/mol. The number of phenolic OH excluding ortho intramolecular Hbond substituents is 1. The van der Waals surface area contributed by atoms with Crippen molar-refractivity contribution in [1.29, 1.82) is 0 Å². The number of aromatic nitrogens is 15. The maximum Gasteiger partial charge on any atom is 0.410 e. The van der Waals surface area contributed by atoms with E-state index in [0.717, 1.165) is 189 Å². The fraction of sp³-hybridized carbons (Fsp3) is 0.241. The molecule has 19 aromatic rings. The zero-order valence-electron chi connectivity index (χ0n) is 81.1. The Labute approximate surface area is 836 Å². The van der Waals surface area contributed by atoms with Crippen molar-refractivity contribution < 1.29 is 28.5 Å². The summed E-state index contributed by atoms with van der Waals surface area (Å²) in [5, 5.41) is 53.2. The molecular weight excluding hydrogens is 1860 g/mol. The third-order valence-corrected chi connectivity index (χ3v) is 29.7. The van der Waals surface area contributed by atoms with E-state index in [-0.39, 0.29) is 22.9 Å². The normalized spacial score (nSPS) is 13.5. The SMILES string of the molecule is Brc1cnc2ccc(NCc3ccccc3)nn12.CC(C)(C)OC(=O)N1CCC[C@H]1CCOc1ccc(-c2cnc3ccc(NCc4ccccc4)nn23)cc1.CC(C)(C)[Si](C)(C)Oc1ccc(-c2cnc3ccc(NCc4ccccc4)nn23)cc1.Oc1ccc(-c2cnc3ccc(NCc4ccccc4)nn23)cc1.c1ccc(CNc2ccc3ncc(-c4ccc(OCC[C@@H]5CCCN5)cc4)n3n2)cc1. The molecule has 0 aliphatic carbocycles. The summed E-state index contributed by atoms with van der Waals surface area (Å²) in [5.74, 6) is 6.87. The van der Waals surface area contributed by atoms with Crippen LogP contribution in [0.2, 0.25) is 18.1 Å². The van der Waals surface area contributed by atoms with E-state index in [1.165, 1.54) is 40.7 Å². The lowest BCUT2D eigenvalue weighted by Gasteiger charge is -2.36. The van der Waals surface area contributed by atoms with Gasteiger partial charge in [-0.3, -0.25) is 0 Å². The molecule has 21 rings (SSSR count). The number of amides is 1. The second kappa shape index (κ2) is 46.3. The second-order valence-corrected chi connectivity index (χ2v) is 42.9. The number of aromatic hydroxyl groups is 1. The highest BCUT2D eigenvalue weighted by atomic mass is 79.9. The molecule has 2 aliphatic rings. The highest BCUT2D eigenvalue weighted by molar-refractivity contribution is 9.10. The van der Waals surface area contributed by atoms with E-state index in [1.54, 1.807) is 33.6 Å². The van der Waals surface area contributed by atoms with E-state index < -0.39 is 13.9 Å². The number of carbonyl (C=O) groups is 1. The smallest absolute Gasteiger partial charge is 0.410 e. The summed E-state index contributed by atoms with van der Waals surface area (Å²) in [5.41, 5.74) is 17.4. The fourth-order valence-corrected chi connectivity index (χ4v) is 17.5. The molecule has 1 amide bonds. The first kappa shape index (κ1) is 97.8. The van der Waals surface area contributed by atoms with E-state index >= 15 is 0 Å². The fourth-order valence-electron chi connectivity index (χ4n) is 16.1. The molecule has 30 heteroatoms. The molecule has 0 spiro atoms. The molecule has 142 heavy (non-hydrogen) atoms. The minimum absolute atomic E-state index is 0.151. The summed E-state index contributed by atoms with van der Waals surface area (Å²) in [6, 6.07) is 103. The number of benzene rings is 9. The van der Waals surface area contributed by atoms with Crippen molar-refractivity contribution in [3.05, 3.63) is 373 Å². The zero-order valence-corrected chi connectivity index (χ0v) is 83.7. The van der Waals surface area contributed by atoms with Crippen molar-refractivity contribution in [3.8, 4) is 68.0 Å². The third kappa shape index (κ3) is 26.4. The van der Waals surface area contributed by atoms with E-state index in [0.29, 0.717) is 25.7 Å². The van der Waals surface area contributed by atoms with Crippen LogP contribution in [0.5, 0.6) is 23.0 Å². The number of rotatable bonds is 29. The lowest BCUT2D eigenvalue weighted by molar-refractivity contribution is 0.0211. The molecule has 0 saturated carbocycles. The number of halogens is 1. The predicted octanol–water partition coefficient (Wildman–Crippen LogP) is 23.9. The quantitative estimate of drug-likeness (QED) is 0.0214. The van der Waals surface area contributed by atoms with Gasteiger partial charge in [-0.2, -0.15) is 0 Å². The van der Waals surface area contributed by atoms with E-state index in [1.807, 2.05) is 270 Å². The van der Waals surface area contributed by atoms with E-state index in [9.17, 15) is 9.90 Å². The van der Waals surface area contributed by atoms with Gasteiger partial charge < -0.3 is 60.5 Å². The second-order valence-electron chi connectivity index (χ2n) is 37.3. The number of hydrogen-bond donors (Lipinski definition) is 7. The minimum atomic E-state index is -1.86. The van der Waals surface area contributed by atoms with Crippen molar-refractivity contribution in [2.45, 2.75) is 149 Å². The van der Waals surface area contributed by atoms with Gasteiger partial charge in [0.2, 0.25) is 8.32 Å². The number of ether oxygens (including phenoxy) is 3. The standard InChI is InChI=1S/C30H35N5O3.C25H27N5O.C25H30N4OSi.C19H16N4O.C13H11BrN4/c1-30(2,3)38-29(36)34-18-7-10-24(34)17-19-37-25-13-11-23(12-14-25)26-21-32-28-16-15-27(33-35(26)28)31-20-22-8-5-4-6-9-22;1-2-5-19(6-3-1)17-27-24-12-13-25-28-18-23(30(25)29-24)20-8-10-22(11-9-20)31-16-14-21-7-4-15-26-21;1-25(2,3)31(4,5)30-21-13-11-20(12-14-21)22-18-27-24-16-15-23(28-29(22)24)26-17-19-9-7-6-8-10-19;24-16-8-6-15(7-9-16)17-13-21-19-11-10-18(22-23(17)19)20-12-14-4-2-1-3-5-14;14-11-9-16-13-7-6-12(17-18(11)13)15-8-10-4-2-1-3-5-10/h4-6,8-9,11-16,21,24H,7,10,17-20H2,1-3H3,(H,31,33);1-3,5-6,8-13,18,21,26H,4,7,14-17H2,(H,27,29);6-16,18H,17H2,1-5H3,(H,26,28);1-11,13,24H,12H2,(H,20,22);1-7,9H,8H2,(H,15,17)/t24-;21-;;;/m00.../s1. The molecule has 9 aromatic carbocycles. The largest absolute Gasteiger partial charge is 0.544 e. The first-order valence-corrected chi connectivity index (χ1v) is 51.8. The predicted molar refractivity (Wildman–Crippen MR) is 570 cm³/mol. The maximum atomic E-state index is 12.5. The molecule has 2 aliphatic heterocycles. The molecule has 2 saturated heterocycles. The summed E-state index contributed by atoms with van der Waals surface area (Å²) in [7, 11) is -1.86. The number of hydrogen-bond acceptors (Lipinski definition) is 22. The van der Waals surface area contributed by atoms with E-state index in [4.69, 9.17) is 33.9 Å². The molecule has 2 fully saturated rings. The van der Waals surface area contributed by atoms with Crippen LogP contribution in [0.4, 0.5) is 33.9 Å². The summed E-state index contributed by atoms with van der Waals surface area (Å²) in [4.78, 5) is 36.5. The topological polar surface area (TPSA) is 301 Å². The van der Waals surface area contributed by atoms with Crippen LogP contribution in [0.15, 0.2) is 345 Å². The van der Waals surface area contributed by atoms with Gasteiger partial charge in [0.05, 0.1) is 67.0 Å². The number of nitrogens with one attached hydrogen (secondary N) is 6. The number of nitrogens with zero attached hydrogens (tertiary/aromatic N) is 16. The van der Waals surface area contributed by atoms with Gasteiger partial charge in [-0.05, 0) is 279 Å². The van der Waals surface area contributed by atoms with Gasteiger partial charge in [0.25, 0.3) is 0 Å². The summed E-state index contributed by atoms with van der Waals surface area (Å²) < 4.78 is 34.0. The van der Waals surface area contributed by atoms with Gasteiger partial charge in [0.1, 0.15) is 62.3 Å². The highest BCUT2D eigenvalue weighted by Crippen LogP contribution is 2.39. The number of likely N-dealkylation sites (tertiary alicyclic amines) is 1. The molecule has 2 atom stereocenters. The third-order valence-electron chi connectivity index (χ3n) is 24.8. The molecule has 0 radical (unpaired) electrons. The number of phenols is 1. The molecule has 10 aromatic heterocycles. The molecule has 0 unspecified atom stereocenters. The number of carbonyl (C=O) groups excluding carboxylic acids is 1. The van der Waals surface area contributed by atoms with Crippen molar-refractivity contribution in [3.63, 3.8) is 0 Å². The minimum Gasteiger partial charge on any atom is -0.544 e. The van der Waals surface area contributed by atoms with Gasteiger partial charge in [-0.15, -0.1) is 25.5 Å². The Hall–Kier alpha value is -15.8. The molecule has 7 N–H and O–H groups in total. The van der Waals surface area contributed by atoms with Crippen LogP contribution >= 0.6 is 15.9 Å². The first-order valence-electron chi connectivity index (χ1n) is 48.1. The highest BCUT2D eigenvalue weighted by Gasteiger charge is 2.39. The summed E-state index contributed by atoms with van der Waals surface area (Å²) in [6.45, 7) is 23.7. The van der Waals surface area contributed by atoms with Crippen molar-refractivity contribution in [2.24, 2.45) is 0 Å². The lowest BCUT2D eigenvalue weighted by Crippen LogP contribution is -2.43. The van der Waals surface area contributed by atoms with Gasteiger partial charge >= 0.3 is 6.09 Å².